The van der Waals surface area contributed by atoms with Gasteiger partial charge in [-0.05, 0) is 48.9 Å². The van der Waals surface area contributed by atoms with Gasteiger partial charge in [0, 0.05) is 12.1 Å². The predicted octanol–water partition coefficient (Wildman–Crippen LogP) is 2.09. The zero-order valence-electron chi connectivity index (χ0n) is 17.5. The molecule has 0 aliphatic rings. The van der Waals surface area contributed by atoms with E-state index >= 15 is 0 Å². The van der Waals surface area contributed by atoms with Gasteiger partial charge in [-0.1, -0.05) is 6.07 Å². The summed E-state index contributed by atoms with van der Waals surface area (Å²) in [4.78, 5) is 29.7. The minimum atomic E-state index is -4.72. The standard InChI is InChI=1S/C20H27N2O8P/c1-20(21,13-30-31(24,25)26)19(23)22-15-5-7-16(8-6-15)29-11-10-14-4-9-17(27-2)18(12-14)28-3/h4-9,12H,10-11,13,21H2,1-3H3,(H,22,23)(H2,24,25,26)/t20-/m0/s1. The molecular formula is C20H27N2O8P. The predicted molar refractivity (Wildman–Crippen MR) is 114 cm³/mol. The molecule has 2 aromatic carbocycles. The summed E-state index contributed by atoms with van der Waals surface area (Å²) < 4.78 is 31.4. The Morgan fingerprint density at radius 2 is 1.74 bits per heavy atom. The summed E-state index contributed by atoms with van der Waals surface area (Å²) in [7, 11) is -1.56. The smallest absolute Gasteiger partial charge is 0.469 e. The quantitative estimate of drug-likeness (QED) is 0.374. The number of phosphoric acid groups is 1. The number of amides is 1. The Hall–Kier alpha value is -2.62. The molecule has 1 atom stereocenters. The molecule has 0 saturated heterocycles. The summed E-state index contributed by atoms with van der Waals surface area (Å²) in [6.45, 7) is 1.10. The van der Waals surface area contributed by atoms with Crippen LogP contribution in [-0.4, -0.2) is 48.7 Å². The normalized spacial score (nSPS) is 13.2. The van der Waals surface area contributed by atoms with Crippen molar-refractivity contribution >= 4 is 19.4 Å². The van der Waals surface area contributed by atoms with Gasteiger partial charge in [0.05, 0.1) is 27.4 Å². The highest BCUT2D eigenvalue weighted by molar-refractivity contribution is 7.46. The van der Waals surface area contributed by atoms with Crippen LogP contribution < -0.4 is 25.3 Å². The third-order valence-electron chi connectivity index (χ3n) is 4.27. The molecule has 0 saturated carbocycles. The van der Waals surface area contributed by atoms with Crippen LogP contribution in [0.4, 0.5) is 5.69 Å². The highest BCUT2D eigenvalue weighted by atomic mass is 31.2. The van der Waals surface area contributed by atoms with Gasteiger partial charge in [-0.25, -0.2) is 4.57 Å². The zero-order valence-corrected chi connectivity index (χ0v) is 18.4. The number of methoxy groups -OCH3 is 2. The van der Waals surface area contributed by atoms with E-state index in [4.69, 9.17) is 29.7 Å². The lowest BCUT2D eigenvalue weighted by Crippen LogP contribution is -2.52. The van der Waals surface area contributed by atoms with Crippen LogP contribution in [0.25, 0.3) is 0 Å². The van der Waals surface area contributed by atoms with Crippen molar-refractivity contribution in [3.8, 4) is 17.2 Å². The van der Waals surface area contributed by atoms with Crippen LogP contribution in [0.2, 0.25) is 0 Å². The number of nitrogens with two attached hydrogens (primary N) is 1. The number of ether oxygens (including phenoxy) is 3. The molecule has 0 heterocycles. The lowest BCUT2D eigenvalue weighted by Gasteiger charge is -2.23. The fraction of sp³-hybridized carbons (Fsp3) is 0.350. The number of carbonyl (C=O) groups excluding carboxylic acids is 1. The maximum atomic E-state index is 12.2. The summed E-state index contributed by atoms with van der Waals surface area (Å²) in [6.07, 6.45) is 0.657. The van der Waals surface area contributed by atoms with Crippen molar-refractivity contribution in [1.82, 2.24) is 0 Å². The molecule has 2 aromatic rings. The van der Waals surface area contributed by atoms with Gasteiger partial charge >= 0.3 is 7.82 Å². The molecule has 0 aromatic heterocycles. The minimum Gasteiger partial charge on any atom is -0.493 e. The van der Waals surface area contributed by atoms with E-state index in [1.54, 1.807) is 38.5 Å². The van der Waals surface area contributed by atoms with Gasteiger partial charge < -0.3 is 35.0 Å². The summed E-state index contributed by atoms with van der Waals surface area (Å²) in [5.41, 5.74) is 5.63. The maximum Gasteiger partial charge on any atom is 0.469 e. The van der Waals surface area contributed by atoms with Crippen LogP contribution in [0.5, 0.6) is 17.2 Å². The van der Waals surface area contributed by atoms with E-state index in [2.05, 4.69) is 9.84 Å². The second kappa shape index (κ2) is 10.6. The van der Waals surface area contributed by atoms with Crippen molar-refractivity contribution in [2.45, 2.75) is 18.9 Å². The third-order valence-corrected chi connectivity index (χ3v) is 4.74. The maximum absolute atomic E-state index is 12.2. The van der Waals surface area contributed by atoms with Gasteiger partial charge in [-0.15, -0.1) is 0 Å². The molecule has 170 valence electrons. The molecule has 10 nitrogen and oxygen atoms in total. The Balaban J connectivity index is 1.86. The highest BCUT2D eigenvalue weighted by Gasteiger charge is 2.32. The molecular weight excluding hydrogens is 427 g/mol. The van der Waals surface area contributed by atoms with Gasteiger partial charge in [0.1, 0.15) is 11.3 Å². The van der Waals surface area contributed by atoms with E-state index in [-0.39, 0.29) is 0 Å². The van der Waals surface area contributed by atoms with Crippen LogP contribution in [0.15, 0.2) is 42.5 Å². The van der Waals surface area contributed by atoms with Crippen molar-refractivity contribution in [2.75, 3.05) is 32.8 Å². The molecule has 11 heteroatoms. The molecule has 0 unspecified atom stereocenters. The average Bonchev–Trinajstić information content (AvgIpc) is 2.73. The zero-order chi connectivity index (χ0) is 23.1. The Labute approximate surface area is 180 Å². The van der Waals surface area contributed by atoms with E-state index in [0.717, 1.165) is 5.56 Å². The summed E-state index contributed by atoms with van der Waals surface area (Å²) in [5.74, 6) is 1.27. The Morgan fingerprint density at radius 1 is 1.10 bits per heavy atom. The van der Waals surface area contributed by atoms with E-state index in [0.29, 0.717) is 36.0 Å². The first-order chi connectivity index (χ1) is 14.5. The van der Waals surface area contributed by atoms with Gasteiger partial charge in [0.15, 0.2) is 11.5 Å². The number of benzene rings is 2. The largest absolute Gasteiger partial charge is 0.493 e. The van der Waals surface area contributed by atoms with Gasteiger partial charge in [-0.3, -0.25) is 9.32 Å². The van der Waals surface area contributed by atoms with Gasteiger partial charge in [0.25, 0.3) is 0 Å². The molecule has 2 rings (SSSR count). The number of hydrogen-bond acceptors (Lipinski definition) is 7. The first-order valence-corrected chi connectivity index (χ1v) is 10.8. The Morgan fingerprint density at radius 3 is 2.32 bits per heavy atom. The monoisotopic (exact) mass is 454 g/mol. The van der Waals surface area contributed by atoms with E-state index in [9.17, 15) is 9.36 Å². The second-order valence-electron chi connectivity index (χ2n) is 6.95. The van der Waals surface area contributed by atoms with Crippen LogP contribution >= 0.6 is 7.82 Å². The number of hydrogen-bond donors (Lipinski definition) is 4. The molecule has 0 spiro atoms. The topological polar surface area (TPSA) is 150 Å². The van der Waals surface area contributed by atoms with Crippen LogP contribution in [0, 0.1) is 0 Å². The van der Waals surface area contributed by atoms with E-state index in [1.807, 2.05) is 18.2 Å². The molecule has 0 fully saturated rings. The molecule has 1 amide bonds. The molecule has 0 radical (unpaired) electrons. The van der Waals surface area contributed by atoms with Gasteiger partial charge in [-0.2, -0.15) is 0 Å². The van der Waals surface area contributed by atoms with Gasteiger partial charge in [0.2, 0.25) is 5.91 Å². The Kier molecular flexibility index (Phi) is 8.43. The van der Waals surface area contributed by atoms with Crippen molar-refractivity contribution in [3.63, 3.8) is 0 Å². The van der Waals surface area contributed by atoms with E-state index in [1.165, 1.54) is 6.92 Å². The van der Waals surface area contributed by atoms with E-state index < -0.39 is 25.9 Å². The first-order valence-electron chi connectivity index (χ1n) is 9.28. The van der Waals surface area contributed by atoms with Crippen molar-refractivity contribution in [2.24, 2.45) is 5.73 Å². The fourth-order valence-electron chi connectivity index (χ4n) is 2.51. The number of carbonyl (C=O) groups is 1. The van der Waals surface area contributed by atoms with Crippen LogP contribution in [0.1, 0.15) is 12.5 Å². The lowest BCUT2D eigenvalue weighted by molar-refractivity contribution is -0.121. The molecule has 31 heavy (non-hydrogen) atoms. The molecule has 0 aliphatic heterocycles. The van der Waals surface area contributed by atoms with Crippen molar-refractivity contribution in [1.29, 1.82) is 0 Å². The Bertz CT molecular complexity index is 927. The van der Waals surface area contributed by atoms with Crippen LogP contribution in [0.3, 0.4) is 0 Å². The number of nitrogens with one attached hydrogen (secondary N) is 1. The average molecular weight is 454 g/mol. The summed E-state index contributed by atoms with van der Waals surface area (Å²) in [5, 5.41) is 2.57. The SMILES string of the molecule is COc1ccc(CCOc2ccc(NC(=O)[C@@](C)(N)COP(=O)(O)O)cc2)cc1OC. The summed E-state index contributed by atoms with van der Waals surface area (Å²) in [6, 6.07) is 12.3. The molecule has 0 aliphatic carbocycles. The number of phosphoric ester groups is 1. The fourth-order valence-corrected chi connectivity index (χ4v) is 2.95. The minimum absolute atomic E-state index is 0.432. The second-order valence-corrected chi connectivity index (χ2v) is 8.19. The van der Waals surface area contributed by atoms with Crippen molar-refractivity contribution in [3.05, 3.63) is 48.0 Å². The molecule has 0 bridgehead atoms. The number of anilines is 1. The molecule has 5 N–H and O–H groups in total. The van der Waals surface area contributed by atoms with Crippen LogP contribution in [-0.2, 0) is 20.3 Å². The summed E-state index contributed by atoms with van der Waals surface area (Å²) >= 11 is 0. The first kappa shape index (κ1) is 24.6. The third kappa shape index (κ3) is 7.86. The van der Waals surface area contributed by atoms with Crippen molar-refractivity contribution < 1.29 is 37.9 Å². The highest BCUT2D eigenvalue weighted by Crippen LogP contribution is 2.36. The number of rotatable bonds is 11. The lowest BCUT2D eigenvalue weighted by atomic mass is 10.0.